The van der Waals surface area contributed by atoms with E-state index in [0.717, 1.165) is 11.1 Å². The first-order chi connectivity index (χ1) is 27.8. The molecule has 0 aromatic heterocycles. The normalized spacial score (nSPS) is 16.2. The highest BCUT2D eigenvalue weighted by atomic mass is 16.6. The molecule has 0 aliphatic carbocycles. The van der Waals surface area contributed by atoms with Crippen molar-refractivity contribution in [3.05, 3.63) is 71.8 Å². The molecule has 14 nitrogen and oxygen atoms in total. The van der Waals surface area contributed by atoms with Gasteiger partial charge in [-0.2, -0.15) is 0 Å². The van der Waals surface area contributed by atoms with Crippen molar-refractivity contribution >= 4 is 35.7 Å². The van der Waals surface area contributed by atoms with Crippen LogP contribution in [-0.4, -0.2) is 89.6 Å². The Hall–Kier alpha value is -4.98. The van der Waals surface area contributed by atoms with Crippen molar-refractivity contribution < 1.29 is 43.0 Å². The van der Waals surface area contributed by atoms with Crippen LogP contribution in [0.1, 0.15) is 106 Å². The smallest absolute Gasteiger partial charge is 0.408 e. The van der Waals surface area contributed by atoms with Gasteiger partial charge in [-0.3, -0.25) is 19.2 Å². The number of nitrogens with zero attached hydrogens (tertiary/aromatic N) is 1. The molecule has 0 spiro atoms. The number of hydrogen-bond acceptors (Lipinski definition) is 9. The van der Waals surface area contributed by atoms with Crippen molar-refractivity contribution in [3.63, 3.8) is 0 Å². The van der Waals surface area contributed by atoms with Gasteiger partial charge in [0.25, 0.3) is 0 Å². The monoisotopic (exact) mass is 821 g/mol. The van der Waals surface area contributed by atoms with Crippen LogP contribution in [0.4, 0.5) is 4.79 Å². The Kier molecular flexibility index (Phi) is 19.3. The summed E-state index contributed by atoms with van der Waals surface area (Å²) in [5.41, 5.74) is 0.888. The lowest BCUT2D eigenvalue weighted by molar-refractivity contribution is -0.150. The van der Waals surface area contributed by atoms with Crippen molar-refractivity contribution in [3.8, 4) is 0 Å². The lowest BCUT2D eigenvalue weighted by Gasteiger charge is -2.31. The zero-order valence-electron chi connectivity index (χ0n) is 36.4. The molecule has 2 aromatic carbocycles. The molecule has 1 aliphatic rings. The summed E-state index contributed by atoms with van der Waals surface area (Å²) in [6.07, 6.45) is 1.05. The number of esters is 1. The number of rotatable bonds is 21. The molecule has 59 heavy (non-hydrogen) atoms. The van der Waals surface area contributed by atoms with Gasteiger partial charge in [-0.1, -0.05) is 102 Å². The summed E-state index contributed by atoms with van der Waals surface area (Å²) in [5.74, 6) is -2.77. The van der Waals surface area contributed by atoms with Gasteiger partial charge < -0.3 is 40.4 Å². The van der Waals surface area contributed by atoms with Crippen molar-refractivity contribution in [2.45, 2.75) is 143 Å². The summed E-state index contributed by atoms with van der Waals surface area (Å²) in [4.78, 5) is 83.6. The fourth-order valence-electron chi connectivity index (χ4n) is 6.73. The van der Waals surface area contributed by atoms with Crippen molar-refractivity contribution in [2.24, 2.45) is 17.8 Å². The van der Waals surface area contributed by atoms with E-state index in [4.69, 9.17) is 14.2 Å². The SMILES string of the molecule is CC(C)C[C@H](NC(=O)[C@@H]1CCCN1C(=O)[C@H](CC(C)C)NC(=O)OC(C)(C)C)C(=O)N[C@@H](COCc1ccccc1)C(=O)N[C@@H](CC(C)C)C(=O)OCc1ccccc1. The molecule has 5 amide bonds. The molecular weight excluding hydrogens is 755 g/mol. The second kappa shape index (κ2) is 23.6. The summed E-state index contributed by atoms with van der Waals surface area (Å²) in [6.45, 7) is 17.0. The van der Waals surface area contributed by atoms with E-state index in [9.17, 15) is 28.8 Å². The van der Waals surface area contributed by atoms with Gasteiger partial charge in [0.15, 0.2) is 0 Å². The molecule has 2 aromatic rings. The fourth-order valence-corrected chi connectivity index (χ4v) is 6.73. The minimum atomic E-state index is -1.24. The van der Waals surface area contributed by atoms with Crippen molar-refractivity contribution in [1.29, 1.82) is 0 Å². The molecule has 1 heterocycles. The van der Waals surface area contributed by atoms with E-state index in [1.165, 1.54) is 4.90 Å². The van der Waals surface area contributed by atoms with Gasteiger partial charge in [-0.25, -0.2) is 9.59 Å². The molecule has 1 fully saturated rings. The quantitative estimate of drug-likeness (QED) is 0.120. The number of alkyl carbamates (subject to hydrolysis) is 1. The Morgan fingerprint density at radius 2 is 1.17 bits per heavy atom. The minimum Gasteiger partial charge on any atom is -0.459 e. The first-order valence-electron chi connectivity index (χ1n) is 20.9. The van der Waals surface area contributed by atoms with Crippen LogP contribution in [0.5, 0.6) is 0 Å². The number of carbonyl (C=O) groups is 6. The van der Waals surface area contributed by atoms with E-state index >= 15 is 0 Å². The van der Waals surface area contributed by atoms with Gasteiger partial charge in [0.1, 0.15) is 42.4 Å². The third-order valence-electron chi connectivity index (χ3n) is 9.44. The lowest BCUT2D eigenvalue weighted by atomic mass is 10.0. The third kappa shape index (κ3) is 17.4. The van der Waals surface area contributed by atoms with Crippen LogP contribution in [0.25, 0.3) is 0 Å². The molecule has 1 aliphatic heterocycles. The number of hydrogen-bond donors (Lipinski definition) is 4. The van der Waals surface area contributed by atoms with Crippen LogP contribution in [0, 0.1) is 17.8 Å². The van der Waals surface area contributed by atoms with Crippen LogP contribution in [0.3, 0.4) is 0 Å². The average molecular weight is 822 g/mol. The molecule has 3 rings (SSSR count). The van der Waals surface area contributed by atoms with E-state index in [-0.39, 0.29) is 44.0 Å². The summed E-state index contributed by atoms with van der Waals surface area (Å²) in [6, 6.07) is 13.5. The van der Waals surface area contributed by atoms with Gasteiger partial charge in [0.2, 0.25) is 23.6 Å². The van der Waals surface area contributed by atoms with Crippen molar-refractivity contribution in [2.75, 3.05) is 13.2 Å². The van der Waals surface area contributed by atoms with Crippen LogP contribution in [0.2, 0.25) is 0 Å². The molecule has 0 radical (unpaired) electrons. The molecule has 0 unspecified atom stereocenters. The van der Waals surface area contributed by atoms with E-state index in [1.54, 1.807) is 20.8 Å². The number of carbonyl (C=O) groups excluding carboxylic acids is 6. The number of benzene rings is 2. The van der Waals surface area contributed by atoms with E-state index in [0.29, 0.717) is 32.2 Å². The molecule has 14 heteroatoms. The van der Waals surface area contributed by atoms with Gasteiger partial charge in [0.05, 0.1) is 13.2 Å². The highest BCUT2D eigenvalue weighted by Gasteiger charge is 2.40. The van der Waals surface area contributed by atoms with Gasteiger partial charge >= 0.3 is 12.1 Å². The standard InChI is InChI=1S/C45H67N5O9/c1-29(2)23-34(46-41(53)38-21-16-22-50(38)42(54)35(24-30(3)4)49-44(56)59-45(7,8)9)39(51)48-37(28-57-26-32-17-12-10-13-18-32)40(52)47-36(25-31(5)6)43(55)58-27-33-19-14-11-15-20-33/h10-15,17-20,29-31,34-38H,16,21-28H2,1-9H3,(H,46,53)(H,47,52)(H,48,51)(H,49,56)/t34-,35-,36-,37-,38-/m0/s1. The van der Waals surface area contributed by atoms with E-state index < -0.39 is 71.5 Å². The average Bonchev–Trinajstić information content (AvgIpc) is 3.65. The predicted molar refractivity (Wildman–Crippen MR) is 224 cm³/mol. The van der Waals surface area contributed by atoms with Crippen LogP contribution >= 0.6 is 0 Å². The minimum absolute atomic E-state index is 0.0216. The Labute approximate surface area is 350 Å². The number of amides is 5. The summed E-state index contributed by atoms with van der Waals surface area (Å²) in [5, 5.41) is 11.2. The number of ether oxygens (including phenoxy) is 3. The molecular formula is C45H67N5O9. The lowest BCUT2D eigenvalue weighted by Crippen LogP contribution is -2.59. The van der Waals surface area contributed by atoms with Gasteiger partial charge in [-0.05, 0) is 81.8 Å². The third-order valence-corrected chi connectivity index (χ3v) is 9.44. The topological polar surface area (TPSA) is 181 Å². The first kappa shape index (κ1) is 48.4. The first-order valence-corrected chi connectivity index (χ1v) is 20.9. The molecule has 0 bridgehead atoms. The maximum absolute atomic E-state index is 14.1. The van der Waals surface area contributed by atoms with Crippen LogP contribution in [0.15, 0.2) is 60.7 Å². The number of likely N-dealkylation sites (tertiary alicyclic amines) is 1. The Morgan fingerprint density at radius 1 is 0.661 bits per heavy atom. The summed E-state index contributed by atoms with van der Waals surface area (Å²) in [7, 11) is 0. The second-order valence-corrected chi connectivity index (χ2v) is 17.6. The van der Waals surface area contributed by atoms with E-state index in [1.807, 2.05) is 102 Å². The highest BCUT2D eigenvalue weighted by molar-refractivity contribution is 5.96. The predicted octanol–water partition coefficient (Wildman–Crippen LogP) is 5.42. The summed E-state index contributed by atoms with van der Waals surface area (Å²) >= 11 is 0. The maximum Gasteiger partial charge on any atom is 0.408 e. The number of nitrogens with one attached hydrogen (secondary N) is 4. The molecule has 1 saturated heterocycles. The fraction of sp³-hybridized carbons (Fsp3) is 0.600. The van der Waals surface area contributed by atoms with Crippen LogP contribution in [-0.2, 0) is 51.4 Å². The van der Waals surface area contributed by atoms with E-state index in [2.05, 4.69) is 21.3 Å². The Bertz CT molecular complexity index is 1660. The second-order valence-electron chi connectivity index (χ2n) is 17.6. The van der Waals surface area contributed by atoms with Gasteiger partial charge in [0, 0.05) is 6.54 Å². The maximum atomic E-state index is 14.1. The van der Waals surface area contributed by atoms with Crippen LogP contribution < -0.4 is 21.3 Å². The summed E-state index contributed by atoms with van der Waals surface area (Å²) < 4.78 is 16.9. The zero-order chi connectivity index (χ0) is 43.7. The zero-order valence-corrected chi connectivity index (χ0v) is 36.4. The molecule has 326 valence electrons. The Balaban J connectivity index is 1.80. The van der Waals surface area contributed by atoms with Crippen molar-refractivity contribution in [1.82, 2.24) is 26.2 Å². The largest absolute Gasteiger partial charge is 0.459 e. The highest BCUT2D eigenvalue weighted by Crippen LogP contribution is 2.22. The molecule has 4 N–H and O–H groups in total. The Morgan fingerprint density at radius 3 is 1.73 bits per heavy atom. The van der Waals surface area contributed by atoms with Gasteiger partial charge in [-0.15, -0.1) is 0 Å². The molecule has 5 atom stereocenters. The molecule has 0 saturated carbocycles.